The third kappa shape index (κ3) is 7.76. The van der Waals surface area contributed by atoms with E-state index in [1.165, 1.54) is 72.8 Å². The zero-order chi connectivity index (χ0) is 31.8. The van der Waals surface area contributed by atoms with Crippen LogP contribution in [0, 0.1) is 22.5 Å². The molecule has 12 nitrogen and oxygen atoms in total. The van der Waals surface area contributed by atoms with Crippen molar-refractivity contribution in [2.24, 2.45) is 11.5 Å². The second kappa shape index (κ2) is 13.7. The summed E-state index contributed by atoms with van der Waals surface area (Å²) in [5.74, 6) is -7.21. The molecule has 44 heavy (non-hydrogen) atoms. The fourth-order valence-electron chi connectivity index (χ4n) is 3.60. The molecule has 0 spiro atoms. The number of carbonyl (C=O) groups is 1. The number of amidine groups is 1. The van der Waals surface area contributed by atoms with E-state index in [4.69, 9.17) is 41.2 Å². The molecule has 226 valence electrons. The average molecular weight is 605 g/mol. The summed E-state index contributed by atoms with van der Waals surface area (Å²) in [7, 11) is 0. The van der Waals surface area contributed by atoms with E-state index in [1.807, 2.05) is 0 Å². The van der Waals surface area contributed by atoms with Crippen molar-refractivity contribution in [1.29, 1.82) is 10.8 Å². The lowest BCUT2D eigenvalue weighted by Crippen LogP contribution is -2.20. The molecule has 14 heteroatoms. The smallest absolute Gasteiger partial charge is 0.330 e. The molecule has 3 aromatic carbocycles. The molecule has 4 rings (SSSR count). The van der Waals surface area contributed by atoms with E-state index in [0.717, 1.165) is 0 Å². The van der Waals surface area contributed by atoms with Crippen molar-refractivity contribution in [2.75, 3.05) is 11.9 Å². The Balaban J connectivity index is 1.73. The number of hydrogen-bond acceptors (Lipinski definition) is 9. The number of rotatable bonds is 11. The van der Waals surface area contributed by atoms with Gasteiger partial charge in [-0.1, -0.05) is 18.2 Å². The van der Waals surface area contributed by atoms with E-state index in [9.17, 15) is 9.90 Å². The van der Waals surface area contributed by atoms with Gasteiger partial charge in [-0.15, -0.1) is 0 Å². The van der Waals surface area contributed by atoms with Gasteiger partial charge in [-0.05, 0) is 61.0 Å². The van der Waals surface area contributed by atoms with Crippen LogP contribution >= 0.6 is 0 Å². The Bertz CT molecular complexity index is 1750. The normalized spacial score (nSPS) is 10.7. The first-order valence-corrected chi connectivity index (χ1v) is 12.8. The number of nitrogens with zero attached hydrogens (tertiary/aromatic N) is 1. The van der Waals surface area contributed by atoms with E-state index in [2.05, 4.69) is 10.3 Å². The Labute approximate surface area is 249 Å². The molecule has 0 aliphatic carbocycles. The van der Waals surface area contributed by atoms with E-state index in [0.29, 0.717) is 11.3 Å². The number of phenols is 1. The summed E-state index contributed by atoms with van der Waals surface area (Å²) in [5.41, 5.74) is 11.9. The Hall–Kier alpha value is -6.18. The number of halogens is 2. The van der Waals surface area contributed by atoms with Gasteiger partial charge in [0.05, 0.1) is 6.61 Å². The number of esters is 1. The van der Waals surface area contributed by atoms with E-state index < -0.39 is 40.9 Å². The van der Waals surface area contributed by atoms with Gasteiger partial charge in [-0.2, -0.15) is 13.8 Å². The number of nitrogen functional groups attached to an aromatic ring is 1. The van der Waals surface area contributed by atoms with E-state index in [1.54, 1.807) is 13.0 Å². The highest BCUT2D eigenvalue weighted by Crippen LogP contribution is 2.41. The summed E-state index contributed by atoms with van der Waals surface area (Å²) < 4.78 is 52.9. The molecule has 0 unspecified atom stereocenters. The average Bonchev–Trinajstić information content (AvgIpc) is 2.98. The molecular formula is C30H26F2N6O6. The standard InChI is InChI=1S/C30H26F2N6O6/c1-2-41-23(40)13-8-16-6-10-19(11-7-16)42-26-24(31)28(43-20-5-3-4-18(15-20)37-30(35)36)38-29(25(26)32)44-22-14-17(27(33)34)9-12-21(22)39/h3-15,39H,2H2,1H3,(H3,33,34)(H4,35,36,37). The highest BCUT2D eigenvalue weighted by molar-refractivity contribution is 5.95. The molecule has 1 heterocycles. The third-order valence-corrected chi connectivity index (χ3v) is 5.58. The lowest BCUT2D eigenvalue weighted by molar-refractivity contribution is -0.137. The molecule has 0 amide bonds. The van der Waals surface area contributed by atoms with Gasteiger partial charge >= 0.3 is 5.97 Å². The number of anilines is 1. The summed E-state index contributed by atoms with van der Waals surface area (Å²) in [4.78, 5) is 15.4. The largest absolute Gasteiger partial charge is 0.504 e. The first-order chi connectivity index (χ1) is 21.0. The Morgan fingerprint density at radius 1 is 0.955 bits per heavy atom. The molecule has 0 saturated heterocycles. The van der Waals surface area contributed by atoms with Gasteiger partial charge in [-0.3, -0.25) is 10.8 Å². The maximum Gasteiger partial charge on any atom is 0.330 e. The van der Waals surface area contributed by atoms with Crippen molar-refractivity contribution >= 4 is 29.5 Å². The zero-order valence-corrected chi connectivity index (χ0v) is 23.1. The van der Waals surface area contributed by atoms with Crippen LogP contribution in [0.15, 0.2) is 72.8 Å². The number of benzene rings is 3. The van der Waals surface area contributed by atoms with Crippen molar-refractivity contribution in [3.8, 4) is 40.5 Å². The molecular weight excluding hydrogens is 578 g/mol. The van der Waals surface area contributed by atoms with Crippen LogP contribution in [0.1, 0.15) is 18.1 Å². The SMILES string of the molecule is CCOC(=O)C=Cc1ccc(Oc2c(F)c(Oc3cccc(NC(=N)N)c3)nc(Oc3cc(C(=N)N)ccc3O)c2F)cc1. The number of phenolic OH excluding ortho intramolecular Hbond substituents is 1. The fourth-order valence-corrected chi connectivity index (χ4v) is 3.60. The van der Waals surface area contributed by atoms with Crippen LogP contribution in [0.25, 0.3) is 6.08 Å². The predicted octanol–water partition coefficient (Wildman–Crippen LogP) is 5.61. The lowest BCUT2D eigenvalue weighted by Gasteiger charge is -2.15. The van der Waals surface area contributed by atoms with Gasteiger partial charge in [0.15, 0.2) is 17.5 Å². The topological polar surface area (TPSA) is 199 Å². The number of hydrogen-bond donors (Lipinski definition) is 6. The van der Waals surface area contributed by atoms with Gasteiger partial charge in [-0.25, -0.2) is 4.79 Å². The van der Waals surface area contributed by atoms with Gasteiger partial charge in [0.25, 0.3) is 11.8 Å². The molecule has 0 aliphatic heterocycles. The molecule has 4 aromatic rings. The summed E-state index contributed by atoms with van der Waals surface area (Å²) in [5, 5.41) is 27.9. The quantitative estimate of drug-likeness (QED) is 0.0541. The van der Waals surface area contributed by atoms with Crippen LogP contribution in [0.2, 0.25) is 0 Å². The Kier molecular flexibility index (Phi) is 9.55. The van der Waals surface area contributed by atoms with Gasteiger partial charge in [0, 0.05) is 23.4 Å². The monoisotopic (exact) mass is 604 g/mol. The Morgan fingerprint density at radius 2 is 1.66 bits per heavy atom. The first kappa shape index (κ1) is 30.8. The molecule has 0 radical (unpaired) electrons. The van der Waals surface area contributed by atoms with Crippen LogP contribution in [0.4, 0.5) is 14.5 Å². The van der Waals surface area contributed by atoms with Crippen molar-refractivity contribution < 1.29 is 37.6 Å². The van der Waals surface area contributed by atoms with Gasteiger partial charge < -0.3 is 40.8 Å². The Morgan fingerprint density at radius 3 is 2.32 bits per heavy atom. The molecule has 0 atom stereocenters. The molecule has 8 N–H and O–H groups in total. The number of nitrogens with two attached hydrogens (primary N) is 2. The van der Waals surface area contributed by atoms with Crippen LogP contribution in [-0.2, 0) is 9.53 Å². The summed E-state index contributed by atoms with van der Waals surface area (Å²) in [6.07, 6.45) is 2.72. The minimum atomic E-state index is -1.37. The number of aromatic nitrogens is 1. The lowest BCUT2D eigenvalue weighted by atomic mass is 10.2. The number of nitrogens with one attached hydrogen (secondary N) is 3. The second-order valence-electron chi connectivity index (χ2n) is 8.80. The van der Waals surface area contributed by atoms with Gasteiger partial charge in [0.1, 0.15) is 17.3 Å². The summed E-state index contributed by atoms with van der Waals surface area (Å²) >= 11 is 0. The molecule has 1 aromatic heterocycles. The number of carbonyl (C=O) groups excluding carboxylic acids is 1. The third-order valence-electron chi connectivity index (χ3n) is 5.58. The second-order valence-corrected chi connectivity index (χ2v) is 8.80. The predicted molar refractivity (Wildman–Crippen MR) is 158 cm³/mol. The van der Waals surface area contributed by atoms with Crippen LogP contribution in [0.5, 0.6) is 40.5 Å². The highest BCUT2D eigenvalue weighted by atomic mass is 19.1. The molecule has 0 bridgehead atoms. The number of aromatic hydroxyl groups is 1. The van der Waals surface area contributed by atoms with Gasteiger partial charge in [0.2, 0.25) is 17.4 Å². The van der Waals surface area contributed by atoms with Crippen molar-refractivity contribution in [3.05, 3.63) is 95.6 Å². The summed E-state index contributed by atoms with van der Waals surface area (Å²) in [6, 6.07) is 15.5. The molecule has 0 aliphatic rings. The number of pyridine rings is 1. The maximum atomic E-state index is 15.7. The van der Waals surface area contributed by atoms with E-state index >= 15 is 8.78 Å². The number of ether oxygens (including phenoxy) is 4. The molecule has 0 fully saturated rings. The van der Waals surface area contributed by atoms with Crippen LogP contribution in [-0.4, -0.2) is 34.5 Å². The zero-order valence-electron chi connectivity index (χ0n) is 23.1. The number of guanidine groups is 1. The van der Waals surface area contributed by atoms with E-state index in [-0.39, 0.29) is 41.2 Å². The highest BCUT2D eigenvalue weighted by Gasteiger charge is 2.26. The fraction of sp³-hybridized carbons (Fsp3) is 0.0667. The summed E-state index contributed by atoms with van der Waals surface area (Å²) in [6.45, 7) is 1.90. The minimum Gasteiger partial charge on any atom is -0.504 e. The first-order valence-electron chi connectivity index (χ1n) is 12.8. The van der Waals surface area contributed by atoms with Crippen molar-refractivity contribution in [3.63, 3.8) is 0 Å². The van der Waals surface area contributed by atoms with Crippen molar-refractivity contribution in [2.45, 2.75) is 6.92 Å². The maximum absolute atomic E-state index is 15.7. The van der Waals surface area contributed by atoms with Crippen LogP contribution < -0.4 is 31.0 Å². The van der Waals surface area contributed by atoms with Crippen molar-refractivity contribution in [1.82, 2.24) is 4.98 Å². The molecule has 0 saturated carbocycles. The minimum absolute atomic E-state index is 0.00765. The van der Waals surface area contributed by atoms with Crippen LogP contribution in [0.3, 0.4) is 0 Å².